The van der Waals surface area contributed by atoms with E-state index >= 15 is 0 Å². The molecule has 9 nitrogen and oxygen atoms in total. The Bertz CT molecular complexity index is 853. The number of rotatable bonds is 3. The fourth-order valence-electron chi connectivity index (χ4n) is 2.83. The third-order valence-corrected chi connectivity index (χ3v) is 3.97. The summed E-state index contributed by atoms with van der Waals surface area (Å²) in [4.78, 5) is 22.8. The Morgan fingerprint density at radius 1 is 1.39 bits per heavy atom. The molecule has 0 aliphatic carbocycles. The molecular formula is C14H16N8O. The van der Waals surface area contributed by atoms with Gasteiger partial charge in [-0.1, -0.05) is 0 Å². The van der Waals surface area contributed by atoms with Crippen molar-refractivity contribution in [3.05, 3.63) is 24.8 Å². The normalized spacial score (nSPS) is 18.6. The first-order valence-corrected chi connectivity index (χ1v) is 7.44. The van der Waals surface area contributed by atoms with Crippen LogP contribution in [-0.2, 0) is 11.8 Å². The lowest BCUT2D eigenvalue weighted by molar-refractivity contribution is -0.120. The summed E-state index contributed by atoms with van der Waals surface area (Å²) in [5.74, 6) is 1.30. The van der Waals surface area contributed by atoms with Crippen LogP contribution in [0.3, 0.4) is 0 Å². The molecule has 3 aromatic rings. The number of anilines is 2. The predicted octanol–water partition coefficient (Wildman–Crippen LogP) is 0.694. The smallest absolute Gasteiger partial charge is 0.250 e. The summed E-state index contributed by atoms with van der Waals surface area (Å²) in [6, 6.07) is 1.51. The molecule has 1 amide bonds. The maximum absolute atomic E-state index is 12.8. The summed E-state index contributed by atoms with van der Waals surface area (Å²) in [5.41, 5.74) is 0.646. The first-order valence-electron chi connectivity index (χ1n) is 7.44. The van der Waals surface area contributed by atoms with Crippen LogP contribution in [0.5, 0.6) is 0 Å². The van der Waals surface area contributed by atoms with Crippen LogP contribution in [0.4, 0.5) is 11.6 Å². The molecule has 118 valence electrons. The van der Waals surface area contributed by atoms with Crippen LogP contribution < -0.4 is 10.2 Å². The van der Waals surface area contributed by atoms with E-state index in [1.807, 2.05) is 19.3 Å². The van der Waals surface area contributed by atoms with Crippen molar-refractivity contribution in [3.8, 4) is 0 Å². The summed E-state index contributed by atoms with van der Waals surface area (Å²) in [6.45, 7) is 0.679. The number of aryl methyl sites for hydroxylation is 1. The fraction of sp³-hybridized carbons (Fsp3) is 0.357. The topological polar surface area (TPSA) is 105 Å². The zero-order chi connectivity index (χ0) is 15.8. The highest BCUT2D eigenvalue weighted by atomic mass is 16.2. The van der Waals surface area contributed by atoms with Crippen molar-refractivity contribution >= 4 is 28.6 Å². The van der Waals surface area contributed by atoms with Crippen molar-refractivity contribution in [2.75, 3.05) is 16.8 Å². The van der Waals surface area contributed by atoms with Crippen LogP contribution in [0.15, 0.2) is 24.8 Å². The summed E-state index contributed by atoms with van der Waals surface area (Å²) >= 11 is 0. The maximum atomic E-state index is 12.8. The molecule has 0 radical (unpaired) electrons. The summed E-state index contributed by atoms with van der Waals surface area (Å²) in [6.07, 6.45) is 6.60. The van der Waals surface area contributed by atoms with E-state index in [0.717, 1.165) is 18.2 Å². The van der Waals surface area contributed by atoms with E-state index in [4.69, 9.17) is 0 Å². The highest BCUT2D eigenvalue weighted by Crippen LogP contribution is 2.23. The monoisotopic (exact) mass is 312 g/mol. The zero-order valence-electron chi connectivity index (χ0n) is 12.6. The Morgan fingerprint density at radius 2 is 2.30 bits per heavy atom. The Labute approximate surface area is 131 Å². The molecule has 1 atom stereocenters. The molecule has 0 bridgehead atoms. The number of aromatic amines is 1. The molecule has 1 aliphatic rings. The van der Waals surface area contributed by atoms with Gasteiger partial charge in [0.05, 0.1) is 11.6 Å². The van der Waals surface area contributed by atoms with E-state index in [9.17, 15) is 4.79 Å². The van der Waals surface area contributed by atoms with Gasteiger partial charge < -0.3 is 5.32 Å². The van der Waals surface area contributed by atoms with Gasteiger partial charge in [-0.05, 0) is 12.8 Å². The number of hydrogen-bond donors (Lipinski definition) is 2. The average molecular weight is 312 g/mol. The molecule has 0 spiro atoms. The van der Waals surface area contributed by atoms with Crippen molar-refractivity contribution in [1.29, 1.82) is 0 Å². The number of piperidine rings is 1. The predicted molar refractivity (Wildman–Crippen MR) is 83.9 cm³/mol. The van der Waals surface area contributed by atoms with Crippen molar-refractivity contribution in [3.63, 3.8) is 0 Å². The van der Waals surface area contributed by atoms with E-state index in [1.54, 1.807) is 15.8 Å². The van der Waals surface area contributed by atoms with E-state index in [-0.39, 0.29) is 11.9 Å². The van der Waals surface area contributed by atoms with E-state index in [0.29, 0.717) is 23.8 Å². The lowest BCUT2D eigenvalue weighted by atomic mass is 10.0. The fourth-order valence-corrected chi connectivity index (χ4v) is 2.83. The van der Waals surface area contributed by atoms with Gasteiger partial charge in [-0.25, -0.2) is 9.97 Å². The highest BCUT2D eigenvalue weighted by Gasteiger charge is 2.31. The molecular weight excluding hydrogens is 296 g/mol. The van der Waals surface area contributed by atoms with E-state index in [1.165, 1.54) is 6.33 Å². The first kappa shape index (κ1) is 13.7. The standard InChI is InChI=1S/C14H16N8O/c1-21-6-4-11(20-21)22-5-2-3-10(14(22)23)18-12-9-7-17-19-13(9)16-8-15-12/h4,6-8,10H,2-3,5H2,1H3,(H2,15,16,17,18,19). The second-order valence-electron chi connectivity index (χ2n) is 5.53. The minimum absolute atomic E-state index is 0.00482. The maximum Gasteiger partial charge on any atom is 0.250 e. The number of aromatic nitrogens is 6. The van der Waals surface area contributed by atoms with Gasteiger partial charge in [-0.15, -0.1) is 0 Å². The molecule has 1 aliphatic heterocycles. The van der Waals surface area contributed by atoms with Gasteiger partial charge in [0, 0.05) is 25.9 Å². The number of hydrogen-bond acceptors (Lipinski definition) is 6. The van der Waals surface area contributed by atoms with Crippen molar-refractivity contribution in [2.45, 2.75) is 18.9 Å². The molecule has 2 N–H and O–H groups in total. The molecule has 0 saturated carbocycles. The minimum atomic E-state index is -0.334. The SMILES string of the molecule is Cn1ccc(N2CCCC(Nc3ncnc4[nH]ncc34)C2=O)n1. The number of nitrogens with one attached hydrogen (secondary N) is 2. The van der Waals surface area contributed by atoms with E-state index in [2.05, 4.69) is 30.6 Å². The third-order valence-electron chi connectivity index (χ3n) is 3.97. The van der Waals surface area contributed by atoms with Crippen LogP contribution in [0.1, 0.15) is 12.8 Å². The Hall–Kier alpha value is -2.97. The van der Waals surface area contributed by atoms with Gasteiger partial charge in [0.15, 0.2) is 11.5 Å². The summed E-state index contributed by atoms with van der Waals surface area (Å²) in [5, 5.41) is 15.1. The number of nitrogens with zero attached hydrogens (tertiary/aromatic N) is 6. The molecule has 1 unspecified atom stereocenters. The molecule has 4 heterocycles. The van der Waals surface area contributed by atoms with Crippen LogP contribution in [0, 0.1) is 0 Å². The van der Waals surface area contributed by atoms with Crippen LogP contribution in [0.25, 0.3) is 11.0 Å². The summed E-state index contributed by atoms with van der Waals surface area (Å²) < 4.78 is 1.69. The number of fused-ring (bicyclic) bond motifs is 1. The van der Waals surface area contributed by atoms with Gasteiger partial charge in [0.25, 0.3) is 5.91 Å². The third kappa shape index (κ3) is 2.39. The van der Waals surface area contributed by atoms with Crippen LogP contribution in [0.2, 0.25) is 0 Å². The van der Waals surface area contributed by atoms with Gasteiger partial charge >= 0.3 is 0 Å². The van der Waals surface area contributed by atoms with Crippen LogP contribution in [-0.4, -0.2) is 48.4 Å². The minimum Gasteiger partial charge on any atom is -0.358 e. The van der Waals surface area contributed by atoms with Gasteiger partial charge in [-0.3, -0.25) is 19.5 Å². The Kier molecular flexibility index (Phi) is 3.18. The molecule has 23 heavy (non-hydrogen) atoms. The molecule has 4 rings (SSSR count). The van der Waals surface area contributed by atoms with Gasteiger partial charge in [0.2, 0.25) is 0 Å². The summed E-state index contributed by atoms with van der Waals surface area (Å²) in [7, 11) is 1.84. The number of carbonyl (C=O) groups is 1. The lowest BCUT2D eigenvalue weighted by Gasteiger charge is -2.31. The molecule has 0 aromatic carbocycles. The number of amides is 1. The molecule has 3 aromatic heterocycles. The van der Waals surface area contributed by atoms with Crippen molar-refractivity contribution in [2.24, 2.45) is 7.05 Å². The largest absolute Gasteiger partial charge is 0.358 e. The Morgan fingerprint density at radius 3 is 3.13 bits per heavy atom. The molecule has 1 saturated heterocycles. The highest BCUT2D eigenvalue weighted by molar-refractivity contribution is 5.99. The lowest BCUT2D eigenvalue weighted by Crippen LogP contribution is -2.48. The Balaban J connectivity index is 1.59. The first-order chi connectivity index (χ1) is 11.2. The van der Waals surface area contributed by atoms with Gasteiger partial charge in [-0.2, -0.15) is 10.2 Å². The second-order valence-corrected chi connectivity index (χ2v) is 5.53. The van der Waals surface area contributed by atoms with Crippen molar-refractivity contribution < 1.29 is 4.79 Å². The molecule has 9 heteroatoms. The zero-order valence-corrected chi connectivity index (χ0v) is 12.6. The van der Waals surface area contributed by atoms with Crippen LogP contribution >= 0.6 is 0 Å². The van der Waals surface area contributed by atoms with E-state index < -0.39 is 0 Å². The van der Waals surface area contributed by atoms with Gasteiger partial charge in [0.1, 0.15) is 18.2 Å². The average Bonchev–Trinajstić information content (AvgIpc) is 3.18. The number of carbonyl (C=O) groups excluding carboxylic acids is 1. The second kappa shape index (κ2) is 5.34. The number of H-pyrrole nitrogens is 1. The van der Waals surface area contributed by atoms with Crippen molar-refractivity contribution in [1.82, 2.24) is 29.9 Å². The quantitative estimate of drug-likeness (QED) is 0.737. The molecule has 1 fully saturated rings.